The van der Waals surface area contributed by atoms with E-state index in [1.165, 1.54) is 17.5 Å². The summed E-state index contributed by atoms with van der Waals surface area (Å²) in [5.74, 6) is 2.09. The molecule has 27 heavy (non-hydrogen) atoms. The monoisotopic (exact) mass is 374 g/mol. The molecule has 3 atom stereocenters. The molecule has 2 aromatic heterocycles. The molecule has 1 saturated carbocycles. The summed E-state index contributed by atoms with van der Waals surface area (Å²) < 4.78 is 1.17. The van der Waals surface area contributed by atoms with Gasteiger partial charge in [0, 0.05) is 30.2 Å². The Morgan fingerprint density at radius 2 is 2.07 bits per heavy atom. The summed E-state index contributed by atoms with van der Waals surface area (Å²) in [5, 5.41) is 1.15. The summed E-state index contributed by atoms with van der Waals surface area (Å²) in [6.45, 7) is 1.45. The number of nitrogens with zero attached hydrogens (tertiary/aromatic N) is 2. The predicted octanol–water partition coefficient (Wildman–Crippen LogP) is 5.15. The number of fused-ring (bicyclic) bond motifs is 3. The minimum absolute atomic E-state index is 0.145. The minimum atomic E-state index is 0.145. The van der Waals surface area contributed by atoms with Gasteiger partial charge in [-0.15, -0.1) is 11.3 Å². The Labute approximate surface area is 163 Å². The summed E-state index contributed by atoms with van der Waals surface area (Å²) in [7, 11) is 0. The van der Waals surface area contributed by atoms with Crippen molar-refractivity contribution in [1.82, 2.24) is 9.88 Å². The molecule has 1 aromatic carbocycles. The van der Waals surface area contributed by atoms with Crippen molar-refractivity contribution in [2.75, 3.05) is 6.54 Å². The van der Waals surface area contributed by atoms with Crippen LogP contribution in [0.1, 0.15) is 28.1 Å². The van der Waals surface area contributed by atoms with Crippen molar-refractivity contribution in [2.24, 2.45) is 17.8 Å². The van der Waals surface area contributed by atoms with Gasteiger partial charge in [-0.3, -0.25) is 9.78 Å². The smallest absolute Gasteiger partial charge is 0.264 e. The van der Waals surface area contributed by atoms with Crippen molar-refractivity contribution in [2.45, 2.75) is 19.4 Å². The molecule has 0 N–H and O–H groups in total. The highest BCUT2D eigenvalue weighted by atomic mass is 32.1. The fourth-order valence-corrected chi connectivity index (χ4v) is 5.59. The molecule has 1 amide bonds. The van der Waals surface area contributed by atoms with E-state index in [-0.39, 0.29) is 5.91 Å². The van der Waals surface area contributed by atoms with Crippen LogP contribution in [0, 0.1) is 17.8 Å². The number of aromatic nitrogens is 1. The van der Waals surface area contributed by atoms with Gasteiger partial charge in [-0.2, -0.15) is 0 Å². The third kappa shape index (κ3) is 3.30. The Morgan fingerprint density at radius 3 is 2.81 bits per heavy atom. The molecule has 4 heteroatoms. The van der Waals surface area contributed by atoms with Gasteiger partial charge in [0.2, 0.25) is 0 Å². The van der Waals surface area contributed by atoms with E-state index < -0.39 is 0 Å². The number of hydrogen-bond donors (Lipinski definition) is 0. The number of thiophene rings is 1. The molecule has 2 heterocycles. The van der Waals surface area contributed by atoms with Crippen LogP contribution in [0.3, 0.4) is 0 Å². The Bertz CT molecular complexity index is 961. The molecule has 0 unspecified atom stereocenters. The van der Waals surface area contributed by atoms with Gasteiger partial charge in [0.1, 0.15) is 0 Å². The largest absolute Gasteiger partial charge is 0.333 e. The summed E-state index contributed by atoms with van der Waals surface area (Å²) in [6.07, 6.45) is 10.9. The fourth-order valence-electron chi connectivity index (χ4n) is 4.56. The third-order valence-corrected chi connectivity index (χ3v) is 7.00. The second kappa shape index (κ2) is 6.93. The number of amides is 1. The van der Waals surface area contributed by atoms with Crippen molar-refractivity contribution in [1.29, 1.82) is 0 Å². The first kappa shape index (κ1) is 16.7. The Kier molecular flexibility index (Phi) is 4.29. The molecule has 1 fully saturated rings. The van der Waals surface area contributed by atoms with Crippen LogP contribution in [-0.4, -0.2) is 22.3 Å². The van der Waals surface area contributed by atoms with E-state index in [0.717, 1.165) is 28.3 Å². The SMILES string of the molecule is O=C(c1cc2ccccc2s1)N(Cc1cccnc1)C[C@H]1C[C@@H]2C=C[C@H]1C2. The number of benzene rings is 1. The van der Waals surface area contributed by atoms with Crippen molar-refractivity contribution in [3.8, 4) is 0 Å². The van der Waals surface area contributed by atoms with Crippen LogP contribution in [0.15, 0.2) is 67.0 Å². The number of hydrogen-bond acceptors (Lipinski definition) is 3. The molecule has 0 aliphatic heterocycles. The number of carbonyl (C=O) groups is 1. The van der Waals surface area contributed by atoms with E-state index in [2.05, 4.69) is 35.3 Å². The minimum Gasteiger partial charge on any atom is -0.333 e. The average Bonchev–Trinajstić information content (AvgIpc) is 3.42. The Hall–Kier alpha value is -2.46. The normalized spacial score (nSPS) is 23.2. The van der Waals surface area contributed by atoms with Crippen LogP contribution in [0.2, 0.25) is 0 Å². The molecule has 5 rings (SSSR count). The number of pyridine rings is 1. The highest BCUT2D eigenvalue weighted by molar-refractivity contribution is 7.20. The Morgan fingerprint density at radius 1 is 1.15 bits per heavy atom. The molecule has 2 bridgehead atoms. The van der Waals surface area contributed by atoms with Gasteiger partial charge < -0.3 is 4.90 Å². The highest BCUT2D eigenvalue weighted by Gasteiger charge is 2.37. The second-order valence-electron chi connectivity index (χ2n) is 7.74. The highest BCUT2D eigenvalue weighted by Crippen LogP contribution is 2.44. The lowest BCUT2D eigenvalue weighted by molar-refractivity contribution is 0.0709. The zero-order valence-electron chi connectivity index (χ0n) is 15.1. The molecule has 3 nitrogen and oxygen atoms in total. The molecular formula is C23H22N2OS. The van der Waals surface area contributed by atoms with Crippen molar-refractivity contribution < 1.29 is 4.79 Å². The van der Waals surface area contributed by atoms with Crippen LogP contribution in [-0.2, 0) is 6.54 Å². The van der Waals surface area contributed by atoms with Gasteiger partial charge in [0.15, 0.2) is 0 Å². The third-order valence-electron chi connectivity index (χ3n) is 5.89. The zero-order valence-corrected chi connectivity index (χ0v) is 15.9. The summed E-state index contributed by atoms with van der Waals surface area (Å²) >= 11 is 1.60. The first-order valence-corrected chi connectivity index (χ1v) is 10.4. The average molecular weight is 375 g/mol. The lowest BCUT2D eigenvalue weighted by Crippen LogP contribution is -2.35. The zero-order chi connectivity index (χ0) is 18.2. The van der Waals surface area contributed by atoms with Crippen LogP contribution >= 0.6 is 11.3 Å². The van der Waals surface area contributed by atoms with E-state index in [9.17, 15) is 4.79 Å². The second-order valence-corrected chi connectivity index (χ2v) is 8.82. The van der Waals surface area contributed by atoms with Crippen LogP contribution in [0.4, 0.5) is 0 Å². The molecule has 0 spiro atoms. The topological polar surface area (TPSA) is 33.2 Å². The van der Waals surface area contributed by atoms with E-state index in [0.29, 0.717) is 18.4 Å². The predicted molar refractivity (Wildman–Crippen MR) is 110 cm³/mol. The van der Waals surface area contributed by atoms with Gasteiger partial charge in [0.25, 0.3) is 5.91 Å². The van der Waals surface area contributed by atoms with Gasteiger partial charge in [-0.05, 0) is 59.7 Å². The Balaban J connectivity index is 1.42. The molecule has 0 saturated heterocycles. The van der Waals surface area contributed by atoms with Crippen LogP contribution < -0.4 is 0 Å². The van der Waals surface area contributed by atoms with Crippen molar-refractivity contribution in [3.05, 3.63) is 77.5 Å². The van der Waals surface area contributed by atoms with Crippen molar-refractivity contribution in [3.63, 3.8) is 0 Å². The number of carbonyl (C=O) groups excluding carboxylic acids is 1. The van der Waals surface area contributed by atoms with Crippen LogP contribution in [0.25, 0.3) is 10.1 Å². The maximum Gasteiger partial charge on any atom is 0.264 e. The maximum absolute atomic E-state index is 13.4. The standard InChI is InChI=1S/C23H22N2OS/c26-23(22-12-19-5-1-2-6-21(19)27-22)25(14-17-4-3-9-24-13-17)15-20-11-16-7-8-18(20)10-16/h1-9,12-13,16,18,20H,10-11,14-15H2/t16-,18+,20-/m1/s1. The van der Waals surface area contributed by atoms with E-state index in [1.54, 1.807) is 17.5 Å². The molecule has 136 valence electrons. The van der Waals surface area contributed by atoms with Gasteiger partial charge >= 0.3 is 0 Å². The van der Waals surface area contributed by atoms with E-state index in [4.69, 9.17) is 0 Å². The molecule has 2 aliphatic rings. The molecule has 0 radical (unpaired) electrons. The van der Waals surface area contributed by atoms with E-state index >= 15 is 0 Å². The van der Waals surface area contributed by atoms with Gasteiger partial charge in [-0.1, -0.05) is 36.4 Å². The lowest BCUT2D eigenvalue weighted by Gasteiger charge is -2.28. The quantitative estimate of drug-likeness (QED) is 0.579. The molecule has 2 aliphatic carbocycles. The summed E-state index contributed by atoms with van der Waals surface area (Å²) in [5.41, 5.74) is 1.09. The fraction of sp³-hybridized carbons (Fsp3) is 0.304. The van der Waals surface area contributed by atoms with Crippen molar-refractivity contribution >= 4 is 27.3 Å². The van der Waals surface area contributed by atoms with E-state index in [1.807, 2.05) is 35.4 Å². The first-order chi connectivity index (χ1) is 13.3. The van der Waals surface area contributed by atoms with Gasteiger partial charge in [0.05, 0.1) is 4.88 Å². The summed E-state index contributed by atoms with van der Waals surface area (Å²) in [6, 6.07) is 14.3. The maximum atomic E-state index is 13.4. The summed E-state index contributed by atoms with van der Waals surface area (Å²) in [4.78, 5) is 20.5. The van der Waals surface area contributed by atoms with Crippen LogP contribution in [0.5, 0.6) is 0 Å². The first-order valence-electron chi connectivity index (χ1n) is 9.61. The van der Waals surface area contributed by atoms with Gasteiger partial charge in [-0.25, -0.2) is 0 Å². The number of rotatable bonds is 5. The molecular weight excluding hydrogens is 352 g/mol. The molecule has 3 aromatic rings. The lowest BCUT2D eigenvalue weighted by atomic mass is 9.93. The number of allylic oxidation sites excluding steroid dienone is 2.